The van der Waals surface area contributed by atoms with E-state index in [2.05, 4.69) is 4.74 Å². The number of hydrogen-bond donors (Lipinski definition) is 0. The number of carbonyl (C=O) groups is 2. The maximum absolute atomic E-state index is 11.9. The van der Waals surface area contributed by atoms with Crippen LogP contribution in [0.2, 0.25) is 0 Å². The number of ketones is 1. The highest BCUT2D eigenvalue weighted by Crippen LogP contribution is 2.38. The molecule has 0 aliphatic rings. The summed E-state index contributed by atoms with van der Waals surface area (Å²) < 4.78 is 19.6. The van der Waals surface area contributed by atoms with E-state index in [9.17, 15) is 14.7 Å². The van der Waals surface area contributed by atoms with Crippen LogP contribution in [0.3, 0.4) is 0 Å². The van der Waals surface area contributed by atoms with Crippen LogP contribution >= 0.6 is 0 Å². The standard InChI is InChI=1S/C13H16O7/c1-17-10-6-8(7-11(18-2)12(10)19-3)9(14)4-5-20-13(15)16/h6-7H,4-5H2,1-3H3,(H,15,16)/p-1. The van der Waals surface area contributed by atoms with Gasteiger partial charge in [0.2, 0.25) is 5.75 Å². The minimum Gasteiger partial charge on any atom is -0.549 e. The van der Waals surface area contributed by atoms with Gasteiger partial charge in [0, 0.05) is 18.6 Å². The number of benzene rings is 1. The molecule has 1 aromatic rings. The minimum atomic E-state index is -1.66. The predicted octanol–water partition coefficient (Wildman–Crippen LogP) is 0.645. The Hall–Kier alpha value is -2.44. The van der Waals surface area contributed by atoms with Gasteiger partial charge >= 0.3 is 0 Å². The molecular formula is C13H15O7-. The lowest BCUT2D eigenvalue weighted by molar-refractivity contribution is -0.282. The lowest BCUT2D eigenvalue weighted by Gasteiger charge is -2.14. The fourth-order valence-corrected chi connectivity index (χ4v) is 1.61. The van der Waals surface area contributed by atoms with Crippen molar-refractivity contribution in [1.82, 2.24) is 0 Å². The van der Waals surface area contributed by atoms with E-state index in [1.54, 1.807) is 0 Å². The Balaban J connectivity index is 2.94. The Labute approximate surface area is 116 Å². The average molecular weight is 283 g/mol. The Bertz CT molecular complexity index is 470. The Morgan fingerprint density at radius 3 is 2.00 bits per heavy atom. The zero-order valence-electron chi connectivity index (χ0n) is 11.4. The maximum Gasteiger partial charge on any atom is 0.251 e. The smallest absolute Gasteiger partial charge is 0.251 e. The molecule has 1 aromatic carbocycles. The number of methoxy groups -OCH3 is 3. The van der Waals surface area contributed by atoms with Gasteiger partial charge in [0.1, 0.15) is 0 Å². The monoisotopic (exact) mass is 283 g/mol. The van der Waals surface area contributed by atoms with Gasteiger partial charge in [0.25, 0.3) is 6.16 Å². The molecule has 0 amide bonds. The molecule has 0 bridgehead atoms. The first kappa shape index (κ1) is 15.6. The zero-order chi connectivity index (χ0) is 15.1. The third kappa shape index (κ3) is 3.78. The van der Waals surface area contributed by atoms with Gasteiger partial charge in [-0.3, -0.25) is 4.79 Å². The van der Waals surface area contributed by atoms with Crippen molar-refractivity contribution < 1.29 is 33.6 Å². The van der Waals surface area contributed by atoms with Gasteiger partial charge in [0.15, 0.2) is 17.3 Å². The summed E-state index contributed by atoms with van der Waals surface area (Å²) in [5.41, 5.74) is 0.307. The van der Waals surface area contributed by atoms with E-state index in [1.807, 2.05) is 0 Å². The van der Waals surface area contributed by atoms with Crippen LogP contribution < -0.4 is 19.3 Å². The van der Waals surface area contributed by atoms with Crippen molar-refractivity contribution in [2.75, 3.05) is 27.9 Å². The number of Topliss-reactive ketones (excluding diaryl/α,β-unsaturated/α-hetero) is 1. The molecule has 0 atom stereocenters. The van der Waals surface area contributed by atoms with E-state index in [-0.39, 0.29) is 18.8 Å². The summed E-state index contributed by atoms with van der Waals surface area (Å²) in [4.78, 5) is 22.0. The molecule has 20 heavy (non-hydrogen) atoms. The average Bonchev–Trinajstić information content (AvgIpc) is 2.44. The summed E-state index contributed by atoms with van der Waals surface area (Å²) in [6.45, 7) is -0.266. The summed E-state index contributed by atoms with van der Waals surface area (Å²) in [6, 6.07) is 2.98. The van der Waals surface area contributed by atoms with Gasteiger partial charge in [-0.2, -0.15) is 0 Å². The van der Waals surface area contributed by atoms with Crippen LogP contribution in [-0.2, 0) is 4.74 Å². The van der Waals surface area contributed by atoms with Gasteiger partial charge in [-0.25, -0.2) is 0 Å². The fraction of sp³-hybridized carbons (Fsp3) is 0.385. The van der Waals surface area contributed by atoms with E-state index in [1.165, 1.54) is 33.5 Å². The molecule has 7 nitrogen and oxygen atoms in total. The van der Waals surface area contributed by atoms with Gasteiger partial charge in [-0.05, 0) is 12.1 Å². The third-order valence-corrected chi connectivity index (χ3v) is 2.54. The molecule has 0 spiro atoms. The van der Waals surface area contributed by atoms with Crippen LogP contribution in [0.15, 0.2) is 12.1 Å². The summed E-state index contributed by atoms with van der Waals surface area (Å²) in [5.74, 6) is 0.745. The molecule has 0 N–H and O–H groups in total. The van der Waals surface area contributed by atoms with E-state index >= 15 is 0 Å². The highest BCUT2D eigenvalue weighted by Gasteiger charge is 2.16. The highest BCUT2D eigenvalue weighted by atomic mass is 16.7. The first-order valence-electron chi connectivity index (χ1n) is 5.70. The molecule has 0 fully saturated rings. The predicted molar refractivity (Wildman–Crippen MR) is 66.4 cm³/mol. The second kappa shape index (κ2) is 7.22. The largest absolute Gasteiger partial charge is 0.549 e. The number of rotatable bonds is 7. The van der Waals surface area contributed by atoms with Crippen molar-refractivity contribution >= 4 is 11.9 Å². The number of hydrogen-bond acceptors (Lipinski definition) is 7. The van der Waals surface area contributed by atoms with E-state index in [0.717, 1.165) is 0 Å². The minimum absolute atomic E-state index is 0.105. The molecule has 0 heterocycles. The normalized spacial score (nSPS) is 9.75. The van der Waals surface area contributed by atoms with Crippen LogP contribution in [-0.4, -0.2) is 39.9 Å². The van der Waals surface area contributed by atoms with Gasteiger partial charge in [0.05, 0.1) is 21.3 Å². The van der Waals surface area contributed by atoms with Gasteiger partial charge in [-0.1, -0.05) is 0 Å². The second-order valence-electron chi connectivity index (χ2n) is 3.69. The van der Waals surface area contributed by atoms with E-state index < -0.39 is 6.16 Å². The van der Waals surface area contributed by atoms with Crippen LogP contribution in [0, 0.1) is 0 Å². The van der Waals surface area contributed by atoms with Crippen LogP contribution in [0.5, 0.6) is 17.2 Å². The first-order valence-corrected chi connectivity index (χ1v) is 5.70. The zero-order valence-corrected chi connectivity index (χ0v) is 11.4. The third-order valence-electron chi connectivity index (χ3n) is 2.54. The molecule has 7 heteroatoms. The molecule has 0 saturated heterocycles. The molecule has 0 saturated carbocycles. The lowest BCUT2D eigenvalue weighted by Crippen LogP contribution is -2.24. The summed E-state index contributed by atoms with van der Waals surface area (Å²) >= 11 is 0. The lowest BCUT2D eigenvalue weighted by atomic mass is 10.1. The molecule has 0 aliphatic heterocycles. The number of ether oxygens (including phenoxy) is 4. The van der Waals surface area contributed by atoms with Crippen LogP contribution in [0.4, 0.5) is 4.79 Å². The van der Waals surface area contributed by atoms with Crippen molar-refractivity contribution in [2.45, 2.75) is 6.42 Å². The number of carboxylic acid groups (broad SMARTS) is 1. The van der Waals surface area contributed by atoms with Crippen molar-refractivity contribution in [2.24, 2.45) is 0 Å². The highest BCUT2D eigenvalue weighted by molar-refractivity contribution is 5.97. The van der Waals surface area contributed by atoms with Crippen molar-refractivity contribution in [3.63, 3.8) is 0 Å². The van der Waals surface area contributed by atoms with Crippen molar-refractivity contribution in [3.8, 4) is 17.2 Å². The Kier molecular flexibility index (Phi) is 5.64. The first-order chi connectivity index (χ1) is 9.53. The SMILES string of the molecule is COc1cc(C(=O)CCOC(=O)[O-])cc(OC)c1OC. The maximum atomic E-state index is 11.9. The van der Waals surface area contributed by atoms with Crippen molar-refractivity contribution in [1.29, 1.82) is 0 Å². The summed E-state index contributed by atoms with van der Waals surface area (Å²) in [6.07, 6.45) is -1.77. The molecule has 0 aromatic heterocycles. The molecular weight excluding hydrogens is 268 g/mol. The summed E-state index contributed by atoms with van der Waals surface area (Å²) in [5, 5.41) is 10.1. The molecule has 110 valence electrons. The van der Waals surface area contributed by atoms with Crippen molar-refractivity contribution in [3.05, 3.63) is 17.7 Å². The summed E-state index contributed by atoms with van der Waals surface area (Å²) in [7, 11) is 4.32. The van der Waals surface area contributed by atoms with Crippen LogP contribution in [0.25, 0.3) is 0 Å². The number of carbonyl (C=O) groups excluding carboxylic acids is 2. The quantitative estimate of drug-likeness (QED) is 0.535. The van der Waals surface area contributed by atoms with E-state index in [0.29, 0.717) is 22.8 Å². The molecule has 1 rings (SSSR count). The van der Waals surface area contributed by atoms with E-state index in [4.69, 9.17) is 14.2 Å². The Morgan fingerprint density at radius 1 is 1.05 bits per heavy atom. The van der Waals surface area contributed by atoms with Gasteiger partial charge in [-0.15, -0.1) is 0 Å². The Morgan fingerprint density at radius 2 is 1.60 bits per heavy atom. The fourth-order valence-electron chi connectivity index (χ4n) is 1.61. The molecule has 0 radical (unpaired) electrons. The van der Waals surface area contributed by atoms with Crippen LogP contribution in [0.1, 0.15) is 16.8 Å². The topological polar surface area (TPSA) is 94.1 Å². The molecule has 0 unspecified atom stereocenters. The molecule has 0 aliphatic carbocycles. The van der Waals surface area contributed by atoms with Gasteiger partial charge < -0.3 is 28.8 Å². The second-order valence-corrected chi connectivity index (χ2v) is 3.69.